The number of nitriles is 1. The fourth-order valence-electron chi connectivity index (χ4n) is 2.08. The van der Waals surface area contributed by atoms with E-state index in [9.17, 15) is 0 Å². The highest BCUT2D eigenvalue weighted by Gasteiger charge is 2.13. The Hall–Kier alpha value is -1.81. The normalized spacial score (nSPS) is 19.0. The van der Waals surface area contributed by atoms with E-state index in [-0.39, 0.29) is 0 Å². The highest BCUT2D eigenvalue weighted by Crippen LogP contribution is 2.29. The maximum Gasteiger partial charge on any atom is 0.0994 e. The van der Waals surface area contributed by atoms with Crippen LogP contribution in [0.4, 0.5) is 0 Å². The summed E-state index contributed by atoms with van der Waals surface area (Å²) in [6.07, 6.45) is 8.78. The first kappa shape index (κ1) is 10.7. The van der Waals surface area contributed by atoms with Crippen LogP contribution in [0.1, 0.15) is 36.8 Å². The van der Waals surface area contributed by atoms with E-state index in [1.165, 1.54) is 5.57 Å². The molecule has 1 aromatic carbocycles. The first-order chi connectivity index (χ1) is 7.85. The standard InChI is InChI=1S/C15H15N/c1-2-12-7-9-13(10-8-12)15-6-4-3-5-14(15)11-16/h3-9,13H,2,10H2,1H3. The van der Waals surface area contributed by atoms with E-state index in [2.05, 4.69) is 37.3 Å². The molecular weight excluding hydrogens is 194 g/mol. The van der Waals surface area contributed by atoms with Crippen LogP contribution >= 0.6 is 0 Å². The van der Waals surface area contributed by atoms with Crippen molar-refractivity contribution in [1.82, 2.24) is 0 Å². The molecule has 1 aliphatic rings. The van der Waals surface area contributed by atoms with E-state index in [1.54, 1.807) is 0 Å². The molecule has 0 saturated heterocycles. The van der Waals surface area contributed by atoms with Gasteiger partial charge in [-0.05, 0) is 24.5 Å². The van der Waals surface area contributed by atoms with Gasteiger partial charge in [0.1, 0.15) is 0 Å². The zero-order valence-corrected chi connectivity index (χ0v) is 9.48. The van der Waals surface area contributed by atoms with Gasteiger partial charge in [0, 0.05) is 5.92 Å². The smallest absolute Gasteiger partial charge is 0.0994 e. The van der Waals surface area contributed by atoms with Gasteiger partial charge in [0.25, 0.3) is 0 Å². The van der Waals surface area contributed by atoms with Crippen molar-refractivity contribution in [2.75, 3.05) is 0 Å². The monoisotopic (exact) mass is 209 g/mol. The lowest BCUT2D eigenvalue weighted by molar-refractivity contribution is 0.833. The van der Waals surface area contributed by atoms with Crippen LogP contribution in [0.25, 0.3) is 0 Å². The molecule has 0 heterocycles. The molecule has 80 valence electrons. The maximum absolute atomic E-state index is 9.06. The second kappa shape index (κ2) is 4.81. The summed E-state index contributed by atoms with van der Waals surface area (Å²) in [4.78, 5) is 0. The van der Waals surface area contributed by atoms with Crippen molar-refractivity contribution in [3.63, 3.8) is 0 Å². The van der Waals surface area contributed by atoms with Crippen molar-refractivity contribution >= 4 is 0 Å². The van der Waals surface area contributed by atoms with E-state index in [0.29, 0.717) is 5.92 Å². The van der Waals surface area contributed by atoms with Gasteiger partial charge in [-0.25, -0.2) is 0 Å². The zero-order chi connectivity index (χ0) is 11.4. The Kier molecular flexibility index (Phi) is 3.22. The topological polar surface area (TPSA) is 23.8 Å². The second-order valence-corrected chi connectivity index (χ2v) is 4.03. The van der Waals surface area contributed by atoms with E-state index in [1.807, 2.05) is 18.2 Å². The predicted octanol–water partition coefficient (Wildman–Crippen LogP) is 3.94. The molecular formula is C15H15N. The summed E-state index contributed by atoms with van der Waals surface area (Å²) in [5.41, 5.74) is 3.34. The molecule has 1 nitrogen and oxygen atoms in total. The van der Waals surface area contributed by atoms with Gasteiger partial charge in [-0.1, -0.05) is 48.9 Å². The molecule has 0 radical (unpaired) electrons. The van der Waals surface area contributed by atoms with E-state index in [4.69, 9.17) is 5.26 Å². The fourth-order valence-corrected chi connectivity index (χ4v) is 2.08. The average molecular weight is 209 g/mol. The van der Waals surface area contributed by atoms with Crippen molar-refractivity contribution in [1.29, 1.82) is 5.26 Å². The molecule has 0 aromatic heterocycles. The molecule has 1 atom stereocenters. The molecule has 16 heavy (non-hydrogen) atoms. The first-order valence-electron chi connectivity index (χ1n) is 5.71. The van der Waals surface area contributed by atoms with Gasteiger partial charge in [-0.2, -0.15) is 5.26 Å². The number of benzene rings is 1. The van der Waals surface area contributed by atoms with Crippen LogP contribution in [0.2, 0.25) is 0 Å². The van der Waals surface area contributed by atoms with E-state index in [0.717, 1.165) is 24.0 Å². The van der Waals surface area contributed by atoms with Crippen molar-refractivity contribution in [3.8, 4) is 6.07 Å². The summed E-state index contributed by atoms with van der Waals surface area (Å²) in [6.45, 7) is 2.17. The van der Waals surface area contributed by atoms with Crippen molar-refractivity contribution in [3.05, 3.63) is 59.2 Å². The number of hydrogen-bond acceptors (Lipinski definition) is 1. The lowest BCUT2D eigenvalue weighted by Gasteiger charge is -2.17. The Labute approximate surface area is 96.7 Å². The van der Waals surface area contributed by atoms with E-state index >= 15 is 0 Å². The highest BCUT2D eigenvalue weighted by atomic mass is 14.3. The molecule has 0 fully saturated rings. The molecule has 1 aliphatic carbocycles. The second-order valence-electron chi connectivity index (χ2n) is 4.03. The SMILES string of the molecule is CCC1=CCC(c2ccccc2C#N)C=C1. The summed E-state index contributed by atoms with van der Waals surface area (Å²) in [5.74, 6) is 0.367. The summed E-state index contributed by atoms with van der Waals surface area (Å²) < 4.78 is 0. The van der Waals surface area contributed by atoms with Gasteiger partial charge >= 0.3 is 0 Å². The summed E-state index contributed by atoms with van der Waals surface area (Å²) in [7, 11) is 0. The Morgan fingerprint density at radius 1 is 1.38 bits per heavy atom. The van der Waals surface area contributed by atoms with Crippen molar-refractivity contribution in [2.24, 2.45) is 0 Å². The first-order valence-corrected chi connectivity index (χ1v) is 5.71. The molecule has 1 aromatic rings. The third-order valence-corrected chi connectivity index (χ3v) is 3.07. The summed E-state index contributed by atoms with van der Waals surface area (Å²) in [5, 5.41) is 9.06. The van der Waals surface area contributed by atoms with Crippen LogP contribution in [0.5, 0.6) is 0 Å². The third kappa shape index (κ3) is 2.06. The van der Waals surface area contributed by atoms with E-state index < -0.39 is 0 Å². The predicted molar refractivity (Wildman–Crippen MR) is 66.0 cm³/mol. The summed E-state index contributed by atoms with van der Waals surface area (Å²) >= 11 is 0. The minimum Gasteiger partial charge on any atom is -0.192 e. The van der Waals surface area contributed by atoms with Crippen LogP contribution in [0.3, 0.4) is 0 Å². The van der Waals surface area contributed by atoms with Gasteiger partial charge in [0.05, 0.1) is 11.6 Å². The molecule has 0 saturated carbocycles. The Morgan fingerprint density at radius 3 is 2.81 bits per heavy atom. The molecule has 0 spiro atoms. The van der Waals surface area contributed by atoms with Gasteiger partial charge in [-0.15, -0.1) is 0 Å². The van der Waals surface area contributed by atoms with Crippen LogP contribution in [-0.2, 0) is 0 Å². The van der Waals surface area contributed by atoms with Gasteiger partial charge in [0.2, 0.25) is 0 Å². The highest BCUT2D eigenvalue weighted by molar-refractivity contribution is 5.43. The summed E-state index contributed by atoms with van der Waals surface area (Å²) in [6, 6.07) is 10.1. The lowest BCUT2D eigenvalue weighted by atomic mass is 9.87. The Balaban J connectivity index is 2.25. The molecule has 1 unspecified atom stereocenters. The Morgan fingerprint density at radius 2 is 2.19 bits per heavy atom. The molecule has 2 rings (SSSR count). The molecule has 0 amide bonds. The number of hydrogen-bond donors (Lipinski definition) is 0. The number of rotatable bonds is 2. The van der Waals surface area contributed by atoms with Crippen LogP contribution in [0.15, 0.2) is 48.1 Å². The van der Waals surface area contributed by atoms with Crippen LogP contribution < -0.4 is 0 Å². The number of nitrogens with zero attached hydrogens (tertiary/aromatic N) is 1. The average Bonchev–Trinajstić information content (AvgIpc) is 2.39. The quantitative estimate of drug-likeness (QED) is 0.723. The minimum atomic E-state index is 0.367. The fraction of sp³-hybridized carbons (Fsp3) is 0.267. The van der Waals surface area contributed by atoms with Crippen molar-refractivity contribution in [2.45, 2.75) is 25.7 Å². The molecule has 0 aliphatic heterocycles. The third-order valence-electron chi connectivity index (χ3n) is 3.07. The lowest BCUT2D eigenvalue weighted by Crippen LogP contribution is -2.00. The largest absolute Gasteiger partial charge is 0.192 e. The Bertz CT molecular complexity index is 474. The van der Waals surface area contributed by atoms with Gasteiger partial charge in [-0.3, -0.25) is 0 Å². The van der Waals surface area contributed by atoms with Gasteiger partial charge < -0.3 is 0 Å². The molecule has 0 N–H and O–H groups in total. The van der Waals surface area contributed by atoms with Crippen molar-refractivity contribution < 1.29 is 0 Å². The minimum absolute atomic E-state index is 0.367. The van der Waals surface area contributed by atoms with Crippen LogP contribution in [0, 0.1) is 11.3 Å². The molecule has 1 heteroatoms. The maximum atomic E-state index is 9.06. The van der Waals surface area contributed by atoms with Crippen LogP contribution in [-0.4, -0.2) is 0 Å². The number of allylic oxidation sites excluding steroid dienone is 4. The van der Waals surface area contributed by atoms with Gasteiger partial charge in [0.15, 0.2) is 0 Å². The zero-order valence-electron chi connectivity index (χ0n) is 9.48. The molecule has 0 bridgehead atoms.